The van der Waals surface area contributed by atoms with Crippen LogP contribution in [0.5, 0.6) is 0 Å². The number of hydrogen-bond donors (Lipinski definition) is 3. The molecule has 0 bridgehead atoms. The fraction of sp³-hybridized carbons (Fsp3) is 0.368. The molecule has 0 aliphatic rings. The highest BCUT2D eigenvalue weighted by Crippen LogP contribution is 2.02. The predicted octanol–water partition coefficient (Wildman–Crippen LogP) is 2.95. The Hall–Kier alpha value is -2.56. The van der Waals surface area contributed by atoms with Crippen molar-refractivity contribution < 1.29 is 0 Å². The summed E-state index contributed by atoms with van der Waals surface area (Å²) in [5.41, 5.74) is 2.53. The van der Waals surface area contributed by atoms with E-state index in [0.29, 0.717) is 0 Å². The number of nitrogens with one attached hydrogen (secondary N) is 3. The van der Waals surface area contributed by atoms with Crippen LogP contribution in [0.3, 0.4) is 0 Å². The van der Waals surface area contributed by atoms with Gasteiger partial charge in [-0.15, -0.1) is 0 Å². The van der Waals surface area contributed by atoms with Crippen LogP contribution >= 0.6 is 0 Å². The SMILES string of the molecule is CN=C(NCCCCNc1ccccn1)NCc1ccc(C)cc1. The van der Waals surface area contributed by atoms with E-state index in [2.05, 4.69) is 57.1 Å². The Labute approximate surface area is 144 Å². The van der Waals surface area contributed by atoms with Gasteiger partial charge in [0.2, 0.25) is 0 Å². The zero-order valence-corrected chi connectivity index (χ0v) is 14.5. The molecule has 2 aromatic rings. The molecule has 1 aromatic carbocycles. The van der Waals surface area contributed by atoms with Crippen molar-refractivity contribution in [2.24, 2.45) is 4.99 Å². The van der Waals surface area contributed by atoms with Crippen LogP contribution in [0.1, 0.15) is 24.0 Å². The van der Waals surface area contributed by atoms with Gasteiger partial charge in [0.05, 0.1) is 0 Å². The maximum Gasteiger partial charge on any atom is 0.191 e. The van der Waals surface area contributed by atoms with Gasteiger partial charge in [0.25, 0.3) is 0 Å². The van der Waals surface area contributed by atoms with Gasteiger partial charge in [-0.3, -0.25) is 4.99 Å². The lowest BCUT2D eigenvalue weighted by Gasteiger charge is -2.12. The molecule has 128 valence electrons. The molecule has 0 saturated heterocycles. The summed E-state index contributed by atoms with van der Waals surface area (Å²) in [4.78, 5) is 8.50. The van der Waals surface area contributed by atoms with Crippen molar-refractivity contribution in [3.63, 3.8) is 0 Å². The first-order valence-corrected chi connectivity index (χ1v) is 8.43. The van der Waals surface area contributed by atoms with E-state index in [1.165, 1.54) is 11.1 Å². The highest BCUT2D eigenvalue weighted by Gasteiger charge is 1.98. The first-order valence-electron chi connectivity index (χ1n) is 8.43. The summed E-state index contributed by atoms with van der Waals surface area (Å²) >= 11 is 0. The van der Waals surface area contributed by atoms with Crippen LogP contribution in [0.25, 0.3) is 0 Å². The smallest absolute Gasteiger partial charge is 0.191 e. The van der Waals surface area contributed by atoms with Crippen molar-refractivity contribution in [1.82, 2.24) is 15.6 Å². The lowest BCUT2D eigenvalue weighted by molar-refractivity contribution is 0.711. The minimum Gasteiger partial charge on any atom is -0.370 e. The summed E-state index contributed by atoms with van der Waals surface area (Å²) < 4.78 is 0. The van der Waals surface area contributed by atoms with Crippen LogP contribution in [-0.4, -0.2) is 31.1 Å². The number of benzene rings is 1. The number of nitrogens with zero attached hydrogens (tertiary/aromatic N) is 2. The number of aromatic nitrogens is 1. The second-order valence-electron chi connectivity index (χ2n) is 5.69. The average Bonchev–Trinajstić information content (AvgIpc) is 2.63. The van der Waals surface area contributed by atoms with Gasteiger partial charge in [0.15, 0.2) is 5.96 Å². The predicted molar refractivity (Wildman–Crippen MR) is 101 cm³/mol. The number of aliphatic imine (C=N–C) groups is 1. The summed E-state index contributed by atoms with van der Waals surface area (Å²) in [6.07, 6.45) is 3.96. The molecule has 0 amide bonds. The van der Waals surface area contributed by atoms with Crippen molar-refractivity contribution in [2.45, 2.75) is 26.3 Å². The normalized spacial score (nSPS) is 11.2. The van der Waals surface area contributed by atoms with Crippen molar-refractivity contribution in [1.29, 1.82) is 0 Å². The van der Waals surface area contributed by atoms with Gasteiger partial charge >= 0.3 is 0 Å². The summed E-state index contributed by atoms with van der Waals surface area (Å²) in [5.74, 6) is 1.77. The lowest BCUT2D eigenvalue weighted by atomic mass is 10.1. The van der Waals surface area contributed by atoms with Crippen molar-refractivity contribution >= 4 is 11.8 Å². The lowest BCUT2D eigenvalue weighted by Crippen LogP contribution is -2.37. The molecule has 0 aliphatic carbocycles. The van der Waals surface area contributed by atoms with Crippen LogP contribution in [0, 0.1) is 6.92 Å². The van der Waals surface area contributed by atoms with E-state index in [1.807, 2.05) is 18.2 Å². The van der Waals surface area contributed by atoms with E-state index in [0.717, 1.165) is 44.3 Å². The third-order valence-electron chi connectivity index (χ3n) is 3.67. The number of unbranched alkanes of at least 4 members (excludes halogenated alkanes) is 1. The van der Waals surface area contributed by atoms with Crippen molar-refractivity contribution in [3.8, 4) is 0 Å². The molecule has 0 radical (unpaired) electrons. The van der Waals surface area contributed by atoms with Crippen LogP contribution in [0.2, 0.25) is 0 Å². The number of hydrogen-bond acceptors (Lipinski definition) is 3. The molecule has 3 N–H and O–H groups in total. The van der Waals surface area contributed by atoms with Gasteiger partial charge < -0.3 is 16.0 Å². The largest absolute Gasteiger partial charge is 0.370 e. The fourth-order valence-corrected chi connectivity index (χ4v) is 2.25. The summed E-state index contributed by atoms with van der Waals surface area (Å²) in [7, 11) is 1.80. The third kappa shape index (κ3) is 6.69. The molecule has 0 fully saturated rings. The van der Waals surface area contributed by atoms with Crippen LogP contribution in [0.15, 0.2) is 53.7 Å². The molecular weight excluding hydrogens is 298 g/mol. The van der Waals surface area contributed by atoms with E-state index >= 15 is 0 Å². The molecule has 1 heterocycles. The second-order valence-corrected chi connectivity index (χ2v) is 5.69. The molecule has 5 nitrogen and oxygen atoms in total. The molecule has 1 aromatic heterocycles. The van der Waals surface area contributed by atoms with Gasteiger partial charge in [-0.05, 0) is 37.5 Å². The zero-order chi connectivity index (χ0) is 17.0. The summed E-state index contributed by atoms with van der Waals surface area (Å²) in [6, 6.07) is 14.4. The quantitative estimate of drug-likeness (QED) is 0.397. The monoisotopic (exact) mass is 325 g/mol. The van der Waals surface area contributed by atoms with E-state index in [4.69, 9.17) is 0 Å². The Balaban J connectivity index is 1.57. The molecule has 0 spiro atoms. The number of aryl methyl sites for hydroxylation is 1. The third-order valence-corrected chi connectivity index (χ3v) is 3.67. The minimum atomic E-state index is 0.779. The molecule has 0 unspecified atom stereocenters. The standard InChI is InChI=1S/C19H27N5/c1-16-8-10-17(11-9-16)15-24-19(20-2)23-14-6-5-13-22-18-7-3-4-12-21-18/h3-4,7-12H,5-6,13-15H2,1-2H3,(H,21,22)(H2,20,23,24). The highest BCUT2D eigenvalue weighted by molar-refractivity contribution is 5.79. The van der Waals surface area contributed by atoms with E-state index < -0.39 is 0 Å². The highest BCUT2D eigenvalue weighted by atomic mass is 15.2. The number of rotatable bonds is 8. The molecule has 0 saturated carbocycles. The topological polar surface area (TPSA) is 61.3 Å². The van der Waals surface area contributed by atoms with E-state index in [1.54, 1.807) is 13.2 Å². The maximum absolute atomic E-state index is 4.25. The van der Waals surface area contributed by atoms with E-state index in [9.17, 15) is 0 Å². The molecule has 0 aliphatic heterocycles. The number of anilines is 1. The van der Waals surface area contributed by atoms with Crippen LogP contribution in [0.4, 0.5) is 5.82 Å². The Kier molecular flexibility index (Phi) is 7.60. The number of guanidine groups is 1. The Morgan fingerprint density at radius 3 is 2.50 bits per heavy atom. The maximum atomic E-state index is 4.25. The zero-order valence-electron chi connectivity index (χ0n) is 14.5. The molecule has 24 heavy (non-hydrogen) atoms. The molecular formula is C19H27N5. The second kappa shape index (κ2) is 10.3. The summed E-state index contributed by atoms with van der Waals surface area (Å²) in [5, 5.41) is 9.99. The van der Waals surface area contributed by atoms with Gasteiger partial charge in [-0.25, -0.2) is 4.98 Å². The van der Waals surface area contributed by atoms with E-state index in [-0.39, 0.29) is 0 Å². The first kappa shape index (κ1) is 17.8. The fourth-order valence-electron chi connectivity index (χ4n) is 2.25. The van der Waals surface area contributed by atoms with Crippen molar-refractivity contribution in [2.75, 3.05) is 25.5 Å². The van der Waals surface area contributed by atoms with Crippen LogP contribution < -0.4 is 16.0 Å². The Morgan fingerprint density at radius 1 is 1.00 bits per heavy atom. The summed E-state index contributed by atoms with van der Waals surface area (Å²) in [6.45, 7) is 4.70. The van der Waals surface area contributed by atoms with Crippen LogP contribution in [-0.2, 0) is 6.54 Å². The van der Waals surface area contributed by atoms with Crippen molar-refractivity contribution in [3.05, 3.63) is 59.8 Å². The minimum absolute atomic E-state index is 0.779. The van der Waals surface area contributed by atoms with Gasteiger partial charge in [-0.1, -0.05) is 35.9 Å². The average molecular weight is 325 g/mol. The molecule has 5 heteroatoms. The Morgan fingerprint density at radius 2 is 1.79 bits per heavy atom. The first-order chi connectivity index (χ1) is 11.8. The molecule has 2 rings (SSSR count). The number of pyridine rings is 1. The Bertz CT molecular complexity index is 607. The molecule has 0 atom stereocenters. The van der Waals surface area contributed by atoms with Gasteiger partial charge in [0.1, 0.15) is 5.82 Å². The van der Waals surface area contributed by atoms with Gasteiger partial charge in [0, 0.05) is 32.9 Å². The van der Waals surface area contributed by atoms with Gasteiger partial charge in [-0.2, -0.15) is 0 Å².